The molecule has 0 saturated carbocycles. The van der Waals surface area contributed by atoms with Gasteiger partial charge in [-0.05, 0) is 43.9 Å². The summed E-state index contributed by atoms with van der Waals surface area (Å²) in [5.74, 6) is 1.93. The lowest BCUT2D eigenvalue weighted by Gasteiger charge is -2.43. The second kappa shape index (κ2) is 9.14. The summed E-state index contributed by atoms with van der Waals surface area (Å²) in [7, 11) is 0.782. The molecule has 3 heteroatoms. The zero-order chi connectivity index (χ0) is 15.1. The van der Waals surface area contributed by atoms with Crippen molar-refractivity contribution in [1.82, 2.24) is 0 Å². The van der Waals surface area contributed by atoms with E-state index in [9.17, 15) is 0 Å². The second-order valence-electron chi connectivity index (χ2n) is 7.04. The Morgan fingerprint density at radius 1 is 0.895 bits per heavy atom. The Balaban J connectivity index is 5.19. The number of hydrogen-bond acceptors (Lipinski definition) is 2. The molecule has 1 unspecified atom stereocenters. The third kappa shape index (κ3) is 6.91. The molecule has 0 fully saturated rings. The predicted molar refractivity (Wildman–Crippen MR) is 87.5 cm³/mol. The molecule has 0 heterocycles. The standard InChI is InChI=1S/C16H36O2Si/c1-8-17-15(9-12(2)3)16(18-19,10-13(4)5)11-14(6)7/h12-15H,8-11H2,1-7,19H3. The number of rotatable bonds is 10. The Kier molecular flexibility index (Phi) is 9.21. The highest BCUT2D eigenvalue weighted by Crippen LogP contribution is 2.35. The average Bonchev–Trinajstić information content (AvgIpc) is 2.25. The first-order valence-corrected chi connectivity index (χ1v) is 8.75. The van der Waals surface area contributed by atoms with Crippen molar-refractivity contribution >= 4 is 10.5 Å². The summed E-state index contributed by atoms with van der Waals surface area (Å²) in [6.45, 7) is 16.6. The summed E-state index contributed by atoms with van der Waals surface area (Å²) in [6.07, 6.45) is 3.54. The highest BCUT2D eigenvalue weighted by Gasteiger charge is 2.40. The Bertz CT molecular complexity index is 217. The average molecular weight is 289 g/mol. The number of hydrogen-bond donors (Lipinski definition) is 0. The molecule has 0 aliphatic heterocycles. The Labute approximate surface area is 124 Å². The maximum Gasteiger partial charge on any atom is 0.146 e. The van der Waals surface area contributed by atoms with Gasteiger partial charge in [-0.3, -0.25) is 0 Å². The van der Waals surface area contributed by atoms with Crippen LogP contribution in [0.4, 0.5) is 0 Å². The third-order valence-electron chi connectivity index (χ3n) is 3.55. The lowest BCUT2D eigenvalue weighted by Crippen LogP contribution is -2.48. The molecular formula is C16H36O2Si. The molecule has 0 N–H and O–H groups in total. The molecule has 0 amide bonds. The fourth-order valence-electron chi connectivity index (χ4n) is 3.09. The van der Waals surface area contributed by atoms with E-state index in [-0.39, 0.29) is 11.7 Å². The van der Waals surface area contributed by atoms with Crippen LogP contribution in [-0.2, 0) is 9.16 Å². The summed E-state index contributed by atoms with van der Waals surface area (Å²) >= 11 is 0. The minimum absolute atomic E-state index is 0.0746. The molecule has 1 atom stereocenters. The quantitative estimate of drug-likeness (QED) is 0.572. The van der Waals surface area contributed by atoms with Gasteiger partial charge < -0.3 is 9.16 Å². The van der Waals surface area contributed by atoms with Crippen molar-refractivity contribution in [3.63, 3.8) is 0 Å². The first-order chi connectivity index (χ1) is 8.77. The summed E-state index contributed by atoms with van der Waals surface area (Å²) in [4.78, 5) is 0. The van der Waals surface area contributed by atoms with E-state index in [1.165, 1.54) is 0 Å². The molecule has 2 nitrogen and oxygen atoms in total. The summed E-state index contributed by atoms with van der Waals surface area (Å²) in [5.41, 5.74) is -0.0746. The minimum Gasteiger partial charge on any atom is -0.420 e. The van der Waals surface area contributed by atoms with Gasteiger partial charge in [0.1, 0.15) is 10.5 Å². The van der Waals surface area contributed by atoms with Crippen LogP contribution in [0.5, 0.6) is 0 Å². The zero-order valence-corrected chi connectivity index (χ0v) is 16.5. The monoisotopic (exact) mass is 288 g/mol. The van der Waals surface area contributed by atoms with Crippen LogP contribution in [0.3, 0.4) is 0 Å². The number of ether oxygens (including phenoxy) is 1. The minimum atomic E-state index is -0.0746. The van der Waals surface area contributed by atoms with Crippen molar-refractivity contribution < 1.29 is 9.16 Å². The first-order valence-electron chi connectivity index (χ1n) is 7.94. The lowest BCUT2D eigenvalue weighted by atomic mass is 9.78. The van der Waals surface area contributed by atoms with Crippen LogP contribution in [0.15, 0.2) is 0 Å². The van der Waals surface area contributed by atoms with Gasteiger partial charge in [0.2, 0.25) is 0 Å². The van der Waals surface area contributed by atoms with E-state index < -0.39 is 0 Å². The van der Waals surface area contributed by atoms with Gasteiger partial charge in [0, 0.05) is 6.61 Å². The van der Waals surface area contributed by atoms with Crippen LogP contribution in [0, 0.1) is 17.8 Å². The first kappa shape index (κ1) is 19.1. The van der Waals surface area contributed by atoms with Gasteiger partial charge in [0.15, 0.2) is 0 Å². The van der Waals surface area contributed by atoms with Gasteiger partial charge in [-0.25, -0.2) is 0 Å². The summed E-state index contributed by atoms with van der Waals surface area (Å²) < 4.78 is 12.3. The van der Waals surface area contributed by atoms with Crippen molar-refractivity contribution in [3.05, 3.63) is 0 Å². The van der Waals surface area contributed by atoms with Gasteiger partial charge in [-0.2, -0.15) is 0 Å². The van der Waals surface area contributed by atoms with Gasteiger partial charge in [0.25, 0.3) is 0 Å². The second-order valence-corrected chi connectivity index (χ2v) is 7.45. The van der Waals surface area contributed by atoms with Crippen molar-refractivity contribution in [2.75, 3.05) is 6.61 Å². The normalized spacial score (nSPS) is 14.8. The summed E-state index contributed by atoms with van der Waals surface area (Å²) in [6, 6.07) is 0. The molecule has 0 aliphatic rings. The van der Waals surface area contributed by atoms with E-state index in [1.807, 2.05) is 0 Å². The molecule has 116 valence electrons. The van der Waals surface area contributed by atoms with Crippen LogP contribution < -0.4 is 0 Å². The highest BCUT2D eigenvalue weighted by atomic mass is 28.2. The molecule has 0 aliphatic carbocycles. The van der Waals surface area contributed by atoms with Gasteiger partial charge in [-0.15, -0.1) is 0 Å². The highest BCUT2D eigenvalue weighted by molar-refractivity contribution is 5.98. The van der Waals surface area contributed by atoms with E-state index >= 15 is 0 Å². The molecule has 0 rings (SSSR count). The topological polar surface area (TPSA) is 18.5 Å². The van der Waals surface area contributed by atoms with Crippen LogP contribution in [-0.4, -0.2) is 28.8 Å². The van der Waals surface area contributed by atoms with Crippen LogP contribution in [0.1, 0.15) is 67.7 Å². The van der Waals surface area contributed by atoms with Gasteiger partial charge in [0.05, 0.1) is 11.7 Å². The molecule has 0 aromatic rings. The van der Waals surface area contributed by atoms with E-state index in [0.29, 0.717) is 17.8 Å². The van der Waals surface area contributed by atoms with E-state index in [1.54, 1.807) is 0 Å². The summed E-state index contributed by atoms with van der Waals surface area (Å²) in [5, 5.41) is 0. The fourth-order valence-corrected chi connectivity index (χ4v) is 3.69. The van der Waals surface area contributed by atoms with Crippen molar-refractivity contribution in [3.8, 4) is 0 Å². The van der Waals surface area contributed by atoms with E-state index in [4.69, 9.17) is 9.16 Å². The van der Waals surface area contributed by atoms with Crippen molar-refractivity contribution in [2.45, 2.75) is 79.4 Å². The molecule has 0 aromatic heterocycles. The van der Waals surface area contributed by atoms with Crippen molar-refractivity contribution in [1.29, 1.82) is 0 Å². The molecule has 0 radical (unpaired) electrons. The molecule has 0 spiro atoms. The molecule has 19 heavy (non-hydrogen) atoms. The fraction of sp³-hybridized carbons (Fsp3) is 1.00. The van der Waals surface area contributed by atoms with Crippen LogP contribution in [0.25, 0.3) is 0 Å². The largest absolute Gasteiger partial charge is 0.420 e. The van der Waals surface area contributed by atoms with Crippen LogP contribution >= 0.6 is 0 Å². The molecule has 0 aromatic carbocycles. The maximum absolute atomic E-state index is 6.19. The molecule has 0 bridgehead atoms. The van der Waals surface area contributed by atoms with E-state index in [2.05, 4.69) is 48.5 Å². The van der Waals surface area contributed by atoms with Gasteiger partial charge >= 0.3 is 0 Å². The third-order valence-corrected chi connectivity index (χ3v) is 4.37. The van der Waals surface area contributed by atoms with Crippen LogP contribution in [0.2, 0.25) is 0 Å². The maximum atomic E-state index is 6.19. The Hall–Kier alpha value is 0.137. The van der Waals surface area contributed by atoms with Gasteiger partial charge in [-0.1, -0.05) is 41.5 Å². The lowest BCUT2D eigenvalue weighted by molar-refractivity contribution is -0.114. The molecular weight excluding hydrogens is 252 g/mol. The Morgan fingerprint density at radius 3 is 1.63 bits per heavy atom. The van der Waals surface area contributed by atoms with E-state index in [0.717, 1.165) is 36.4 Å². The smallest absolute Gasteiger partial charge is 0.146 e. The molecule has 0 saturated heterocycles. The predicted octanol–water partition coefficient (Wildman–Crippen LogP) is 3.57. The SMILES string of the molecule is CCOC(CC(C)C)C(CC(C)C)(CC(C)C)O[SiH3]. The van der Waals surface area contributed by atoms with Crippen molar-refractivity contribution in [2.24, 2.45) is 17.8 Å². The Morgan fingerprint density at radius 2 is 1.37 bits per heavy atom. The zero-order valence-electron chi connectivity index (χ0n) is 14.5.